The fraction of sp³-hybridized carbons (Fsp3) is 0. The van der Waals surface area contributed by atoms with Gasteiger partial charge in [0.1, 0.15) is 22.3 Å². The topological polar surface area (TPSA) is 31.2 Å². The maximum atomic E-state index is 6.76. The van der Waals surface area contributed by atoms with Gasteiger partial charge in [-0.1, -0.05) is 78.9 Å². The SMILES string of the molecule is c1ccc2c(c1)ccc1ccc3oc4c(ccc5c4c4ccccc4n5-c4ccc5c(c4)oc4ccccc45)c3c12. The van der Waals surface area contributed by atoms with Crippen molar-refractivity contribution in [2.75, 3.05) is 0 Å². The summed E-state index contributed by atoms with van der Waals surface area (Å²) >= 11 is 0. The van der Waals surface area contributed by atoms with E-state index in [4.69, 9.17) is 8.83 Å². The molecule has 0 radical (unpaired) electrons. The third-order valence-electron chi connectivity index (χ3n) is 8.76. The quantitative estimate of drug-likeness (QED) is 0.200. The van der Waals surface area contributed by atoms with Gasteiger partial charge in [0.05, 0.1) is 16.4 Å². The van der Waals surface area contributed by atoms with Gasteiger partial charge < -0.3 is 13.4 Å². The minimum absolute atomic E-state index is 0.887. The zero-order chi connectivity index (χ0) is 26.7. The van der Waals surface area contributed by atoms with Crippen molar-refractivity contribution in [1.82, 2.24) is 4.57 Å². The molecule has 0 amide bonds. The lowest BCUT2D eigenvalue weighted by molar-refractivity contribution is 0.668. The molecule has 0 aliphatic heterocycles. The van der Waals surface area contributed by atoms with E-state index in [0.717, 1.165) is 60.6 Å². The molecule has 3 heteroatoms. The number of hydrogen-bond donors (Lipinski definition) is 0. The van der Waals surface area contributed by atoms with Gasteiger partial charge in [-0.2, -0.15) is 0 Å². The van der Waals surface area contributed by atoms with Crippen molar-refractivity contribution in [1.29, 1.82) is 0 Å². The molecule has 3 nitrogen and oxygen atoms in total. The van der Waals surface area contributed by atoms with Crippen LogP contribution in [0.3, 0.4) is 0 Å². The largest absolute Gasteiger partial charge is 0.456 e. The molecule has 0 saturated carbocycles. The summed E-state index contributed by atoms with van der Waals surface area (Å²) in [5, 5.41) is 11.8. The first-order valence-electron chi connectivity index (χ1n) is 13.9. The van der Waals surface area contributed by atoms with E-state index >= 15 is 0 Å². The van der Waals surface area contributed by atoms with Gasteiger partial charge in [-0.15, -0.1) is 0 Å². The molecule has 0 unspecified atom stereocenters. The number of furan rings is 2. The summed E-state index contributed by atoms with van der Waals surface area (Å²) in [5.74, 6) is 0. The molecule has 0 aliphatic rings. The van der Waals surface area contributed by atoms with Gasteiger partial charge in [0, 0.05) is 44.1 Å². The summed E-state index contributed by atoms with van der Waals surface area (Å²) in [5.41, 5.74) is 6.95. The highest BCUT2D eigenvalue weighted by atomic mass is 16.3. The van der Waals surface area contributed by atoms with Gasteiger partial charge in [-0.25, -0.2) is 0 Å². The van der Waals surface area contributed by atoms with E-state index in [2.05, 4.69) is 120 Å². The Morgan fingerprint density at radius 3 is 2.07 bits per heavy atom. The fourth-order valence-electron chi connectivity index (χ4n) is 7.00. The standard InChI is InChI=1S/C38H21NO2/c1-2-8-25-22(7-1)13-14-23-15-20-33-37(35(23)25)29-18-19-31-36(38(29)41-33)28-10-3-5-11-30(28)39(31)24-16-17-27-26-9-4-6-12-32(26)40-34(27)21-24/h1-21H. The van der Waals surface area contributed by atoms with Crippen molar-refractivity contribution in [2.24, 2.45) is 0 Å². The second-order valence-electron chi connectivity index (χ2n) is 10.9. The number of aromatic nitrogens is 1. The number of fused-ring (bicyclic) bond motifs is 14. The molecule has 190 valence electrons. The lowest BCUT2D eigenvalue weighted by Gasteiger charge is -2.08. The van der Waals surface area contributed by atoms with Crippen LogP contribution >= 0.6 is 0 Å². The van der Waals surface area contributed by atoms with Crippen LogP contribution in [0.15, 0.2) is 136 Å². The minimum atomic E-state index is 0.887. The van der Waals surface area contributed by atoms with E-state index in [9.17, 15) is 0 Å². The zero-order valence-electron chi connectivity index (χ0n) is 21.9. The summed E-state index contributed by atoms with van der Waals surface area (Å²) < 4.78 is 15.4. The fourth-order valence-corrected chi connectivity index (χ4v) is 7.00. The van der Waals surface area contributed by atoms with Gasteiger partial charge in [0.25, 0.3) is 0 Å². The second kappa shape index (κ2) is 7.56. The van der Waals surface area contributed by atoms with E-state index < -0.39 is 0 Å². The molecule has 0 atom stereocenters. The molecule has 0 N–H and O–H groups in total. The average molecular weight is 524 g/mol. The van der Waals surface area contributed by atoms with Crippen LogP contribution in [0.25, 0.3) is 92.9 Å². The van der Waals surface area contributed by atoms with Crippen molar-refractivity contribution in [3.63, 3.8) is 0 Å². The highest BCUT2D eigenvalue weighted by molar-refractivity contribution is 6.31. The number of para-hydroxylation sites is 2. The molecule has 3 aromatic heterocycles. The summed E-state index contributed by atoms with van der Waals surface area (Å²) in [7, 11) is 0. The van der Waals surface area contributed by atoms with E-state index in [1.165, 1.54) is 32.3 Å². The lowest BCUT2D eigenvalue weighted by Crippen LogP contribution is -1.93. The van der Waals surface area contributed by atoms with Gasteiger partial charge in [-0.3, -0.25) is 0 Å². The van der Waals surface area contributed by atoms with Crippen molar-refractivity contribution >= 4 is 87.2 Å². The Bertz CT molecular complexity index is 2700. The lowest BCUT2D eigenvalue weighted by atomic mass is 9.97. The van der Waals surface area contributed by atoms with Crippen LogP contribution in [0, 0.1) is 0 Å². The summed E-state index contributed by atoms with van der Waals surface area (Å²) in [6.07, 6.45) is 0. The van der Waals surface area contributed by atoms with E-state index in [1.807, 2.05) is 12.1 Å². The van der Waals surface area contributed by atoms with E-state index in [0.29, 0.717) is 0 Å². The normalized spacial score (nSPS) is 12.4. The average Bonchev–Trinajstić information content (AvgIpc) is 3.69. The third-order valence-corrected chi connectivity index (χ3v) is 8.76. The Labute approximate surface area is 233 Å². The maximum absolute atomic E-state index is 6.76. The van der Waals surface area contributed by atoms with Crippen molar-refractivity contribution in [3.05, 3.63) is 127 Å². The Hall–Kier alpha value is -5.54. The second-order valence-corrected chi connectivity index (χ2v) is 10.9. The monoisotopic (exact) mass is 523 g/mol. The minimum Gasteiger partial charge on any atom is -0.456 e. The van der Waals surface area contributed by atoms with Crippen LogP contribution in [-0.4, -0.2) is 4.57 Å². The molecule has 7 aromatic carbocycles. The summed E-state index contributed by atoms with van der Waals surface area (Å²) in [4.78, 5) is 0. The van der Waals surface area contributed by atoms with Crippen molar-refractivity contribution in [2.45, 2.75) is 0 Å². The third kappa shape index (κ3) is 2.72. The Kier molecular flexibility index (Phi) is 3.93. The van der Waals surface area contributed by atoms with Crippen LogP contribution < -0.4 is 0 Å². The van der Waals surface area contributed by atoms with Crippen LogP contribution in [-0.2, 0) is 0 Å². The first-order valence-corrected chi connectivity index (χ1v) is 13.9. The van der Waals surface area contributed by atoms with Gasteiger partial charge >= 0.3 is 0 Å². The number of nitrogens with zero attached hydrogens (tertiary/aromatic N) is 1. The molecular formula is C38H21NO2. The number of hydrogen-bond acceptors (Lipinski definition) is 2. The van der Waals surface area contributed by atoms with Crippen LogP contribution in [0.4, 0.5) is 0 Å². The zero-order valence-corrected chi connectivity index (χ0v) is 21.9. The highest BCUT2D eigenvalue weighted by Gasteiger charge is 2.20. The Morgan fingerprint density at radius 1 is 0.390 bits per heavy atom. The molecular weight excluding hydrogens is 502 g/mol. The first kappa shape index (κ1) is 21.3. The van der Waals surface area contributed by atoms with Crippen LogP contribution in [0.5, 0.6) is 0 Å². The van der Waals surface area contributed by atoms with E-state index in [-0.39, 0.29) is 0 Å². The molecule has 0 fully saturated rings. The Morgan fingerprint density at radius 2 is 1.12 bits per heavy atom. The van der Waals surface area contributed by atoms with Gasteiger partial charge in [0.15, 0.2) is 0 Å². The van der Waals surface area contributed by atoms with Crippen LogP contribution in [0.1, 0.15) is 0 Å². The molecule has 0 spiro atoms. The molecule has 0 saturated heterocycles. The molecule has 0 aliphatic carbocycles. The Balaban J connectivity index is 1.34. The van der Waals surface area contributed by atoms with E-state index in [1.54, 1.807) is 0 Å². The molecule has 10 aromatic rings. The van der Waals surface area contributed by atoms with Crippen molar-refractivity contribution < 1.29 is 8.83 Å². The number of benzene rings is 7. The summed E-state index contributed by atoms with van der Waals surface area (Å²) in [6.45, 7) is 0. The maximum Gasteiger partial charge on any atom is 0.145 e. The molecule has 0 bridgehead atoms. The van der Waals surface area contributed by atoms with Gasteiger partial charge in [0.2, 0.25) is 0 Å². The summed E-state index contributed by atoms with van der Waals surface area (Å²) in [6, 6.07) is 45.2. The van der Waals surface area contributed by atoms with Crippen LogP contribution in [0.2, 0.25) is 0 Å². The molecule has 10 rings (SSSR count). The smallest absolute Gasteiger partial charge is 0.145 e. The highest BCUT2D eigenvalue weighted by Crippen LogP contribution is 2.44. The van der Waals surface area contributed by atoms with Gasteiger partial charge in [-0.05, 0) is 58.6 Å². The van der Waals surface area contributed by atoms with Crippen molar-refractivity contribution in [3.8, 4) is 5.69 Å². The first-order chi connectivity index (χ1) is 20.3. The number of rotatable bonds is 1. The molecule has 41 heavy (non-hydrogen) atoms. The predicted molar refractivity (Wildman–Crippen MR) is 170 cm³/mol. The predicted octanol–water partition coefficient (Wildman–Crippen LogP) is 10.9. The molecule has 3 heterocycles.